The zero-order chi connectivity index (χ0) is 20.0. The van der Waals surface area contributed by atoms with Gasteiger partial charge in [0.05, 0.1) is 11.1 Å². The number of hydrogen-bond donors (Lipinski definition) is 4. The number of nitrogens with two attached hydrogens (primary N) is 1. The highest BCUT2D eigenvalue weighted by Crippen LogP contribution is 2.39. The summed E-state index contributed by atoms with van der Waals surface area (Å²) in [6, 6.07) is 0.210. The molecule has 1 heterocycles. The quantitative estimate of drug-likeness (QED) is 0.606. The largest absolute Gasteiger partial charge is 0.478 e. The van der Waals surface area contributed by atoms with Crippen LogP contribution in [0.5, 0.6) is 0 Å². The minimum atomic E-state index is -5.30. The number of anilines is 1. The van der Waals surface area contributed by atoms with Gasteiger partial charge in [-0.1, -0.05) is 0 Å². The Bertz CT molecular complexity index is 997. The lowest BCUT2D eigenvalue weighted by atomic mass is 9.93. The van der Waals surface area contributed by atoms with Crippen LogP contribution < -0.4 is 11.3 Å². The summed E-state index contributed by atoms with van der Waals surface area (Å²) in [5.41, 5.74) is -4.08. The molecule has 2 aromatic rings. The molecule has 0 saturated heterocycles. The van der Waals surface area contributed by atoms with Gasteiger partial charge in [0, 0.05) is 5.56 Å². The fourth-order valence-corrected chi connectivity index (χ4v) is 2.30. The van der Waals surface area contributed by atoms with Crippen molar-refractivity contribution in [2.75, 3.05) is 5.73 Å². The van der Waals surface area contributed by atoms with Gasteiger partial charge >= 0.3 is 18.1 Å². The third-order valence-electron chi connectivity index (χ3n) is 3.32. The van der Waals surface area contributed by atoms with Crippen molar-refractivity contribution in [1.82, 2.24) is 4.98 Å². The summed E-state index contributed by atoms with van der Waals surface area (Å²) in [7, 11) is 0. The Morgan fingerprint density at radius 2 is 1.54 bits per heavy atom. The molecule has 0 aliphatic carbocycles. The van der Waals surface area contributed by atoms with Crippen LogP contribution in [0.15, 0.2) is 16.9 Å². The van der Waals surface area contributed by atoms with E-state index in [2.05, 4.69) is 0 Å². The minimum absolute atomic E-state index is 0.0472. The molecule has 1 aromatic carbocycles. The number of carboxylic acid groups (broad SMARTS) is 2. The minimum Gasteiger partial charge on any atom is -0.478 e. The lowest BCUT2D eigenvalue weighted by Crippen LogP contribution is -2.25. The Labute approximate surface area is 139 Å². The first-order chi connectivity index (χ1) is 11.9. The summed E-state index contributed by atoms with van der Waals surface area (Å²) in [6.45, 7) is 0. The first-order valence-electron chi connectivity index (χ1n) is 6.45. The van der Waals surface area contributed by atoms with E-state index in [0.717, 1.165) is 0 Å². The van der Waals surface area contributed by atoms with Crippen molar-refractivity contribution in [3.05, 3.63) is 50.8 Å². The smallest absolute Gasteiger partial charge is 0.419 e. The number of carboxylic acids is 2. The van der Waals surface area contributed by atoms with Gasteiger partial charge in [-0.2, -0.15) is 13.2 Å². The number of rotatable bonds is 3. The highest BCUT2D eigenvalue weighted by molar-refractivity contribution is 6.07. The second kappa shape index (κ2) is 6.13. The summed E-state index contributed by atoms with van der Waals surface area (Å²) in [5.74, 6) is -9.14. The van der Waals surface area contributed by atoms with Gasteiger partial charge in [0.2, 0.25) is 0 Å². The van der Waals surface area contributed by atoms with Gasteiger partial charge in [-0.3, -0.25) is 4.79 Å². The second-order valence-electron chi connectivity index (χ2n) is 4.88. The first-order valence-corrected chi connectivity index (χ1v) is 6.45. The van der Waals surface area contributed by atoms with Crippen LogP contribution in [0.4, 0.5) is 27.8 Å². The molecule has 0 fully saturated rings. The Morgan fingerprint density at radius 3 is 2.00 bits per heavy atom. The molecule has 0 aliphatic rings. The Kier molecular flexibility index (Phi) is 4.45. The number of nitrogens with one attached hydrogen (secondary N) is 1. The van der Waals surface area contributed by atoms with Crippen LogP contribution in [0, 0.1) is 11.6 Å². The van der Waals surface area contributed by atoms with Crippen LogP contribution in [0.25, 0.3) is 11.1 Å². The standard InChI is InChI=1S/C14H7F5N2O5/c15-4-2-1-3(14(17,18)19)9(16)5(4)6-7(12(23)24)10(20)21-11(22)8(6)13(25)26/h1-2H,(H,23,24)(H,25,26)(H3,20,21,22). The van der Waals surface area contributed by atoms with Crippen LogP contribution >= 0.6 is 0 Å². The van der Waals surface area contributed by atoms with E-state index in [4.69, 9.17) is 15.9 Å². The second-order valence-corrected chi connectivity index (χ2v) is 4.88. The Morgan fingerprint density at radius 1 is 1.00 bits per heavy atom. The lowest BCUT2D eigenvalue weighted by Gasteiger charge is -2.16. The number of carbonyl (C=O) groups is 2. The molecule has 0 unspecified atom stereocenters. The van der Waals surface area contributed by atoms with E-state index in [-0.39, 0.29) is 12.1 Å². The number of alkyl halides is 3. The van der Waals surface area contributed by atoms with Crippen molar-refractivity contribution >= 4 is 17.8 Å². The number of nitrogen functional groups attached to an aromatic ring is 1. The van der Waals surface area contributed by atoms with E-state index in [1.54, 1.807) is 4.98 Å². The monoisotopic (exact) mass is 378 g/mol. The molecule has 138 valence electrons. The molecule has 7 nitrogen and oxygen atoms in total. The maximum absolute atomic E-state index is 14.4. The molecule has 2 rings (SSSR count). The predicted molar refractivity (Wildman–Crippen MR) is 75.7 cm³/mol. The van der Waals surface area contributed by atoms with Gasteiger partial charge < -0.3 is 20.9 Å². The van der Waals surface area contributed by atoms with E-state index in [1.807, 2.05) is 0 Å². The molecule has 12 heteroatoms. The summed E-state index contributed by atoms with van der Waals surface area (Å²) in [5, 5.41) is 18.2. The zero-order valence-electron chi connectivity index (χ0n) is 12.2. The zero-order valence-corrected chi connectivity index (χ0v) is 12.2. The molecule has 0 amide bonds. The number of halogens is 5. The molecular formula is C14H7F5N2O5. The van der Waals surface area contributed by atoms with E-state index < -0.39 is 68.9 Å². The molecule has 0 bridgehead atoms. The number of aromatic amines is 1. The lowest BCUT2D eigenvalue weighted by molar-refractivity contribution is -0.139. The number of aromatic carboxylic acids is 2. The van der Waals surface area contributed by atoms with Crippen LogP contribution in [0.2, 0.25) is 0 Å². The van der Waals surface area contributed by atoms with Gasteiger partial charge in [-0.25, -0.2) is 18.4 Å². The Hall–Kier alpha value is -3.44. The van der Waals surface area contributed by atoms with Gasteiger partial charge in [0.1, 0.15) is 28.6 Å². The van der Waals surface area contributed by atoms with Crippen molar-refractivity contribution in [2.45, 2.75) is 6.18 Å². The summed E-state index contributed by atoms with van der Waals surface area (Å²) >= 11 is 0. The highest BCUT2D eigenvalue weighted by Gasteiger charge is 2.38. The molecule has 1 aromatic heterocycles. The molecule has 0 saturated carbocycles. The molecule has 0 atom stereocenters. The van der Waals surface area contributed by atoms with Crippen molar-refractivity contribution in [2.24, 2.45) is 0 Å². The fraction of sp³-hybridized carbons (Fsp3) is 0.0714. The molecule has 5 N–H and O–H groups in total. The first kappa shape index (κ1) is 18.9. The number of hydrogen-bond acceptors (Lipinski definition) is 4. The average Bonchev–Trinajstić information content (AvgIpc) is 2.44. The Balaban J connectivity index is 3.14. The number of pyridine rings is 1. The van der Waals surface area contributed by atoms with E-state index >= 15 is 0 Å². The van der Waals surface area contributed by atoms with Gasteiger partial charge in [-0.05, 0) is 12.1 Å². The average molecular weight is 378 g/mol. The molecule has 0 spiro atoms. The van der Waals surface area contributed by atoms with Gasteiger partial charge in [0.15, 0.2) is 0 Å². The van der Waals surface area contributed by atoms with E-state index in [1.165, 1.54) is 0 Å². The van der Waals surface area contributed by atoms with Crippen LogP contribution in [0.3, 0.4) is 0 Å². The molecular weight excluding hydrogens is 371 g/mol. The molecule has 26 heavy (non-hydrogen) atoms. The SMILES string of the molecule is Nc1[nH]c(=O)c(C(=O)O)c(-c2c(F)ccc(C(F)(F)F)c2F)c1C(=O)O. The molecule has 0 aliphatic heterocycles. The summed E-state index contributed by atoms with van der Waals surface area (Å²) in [4.78, 5) is 36.1. The van der Waals surface area contributed by atoms with Crippen LogP contribution in [-0.2, 0) is 6.18 Å². The van der Waals surface area contributed by atoms with Gasteiger partial charge in [0.25, 0.3) is 5.56 Å². The molecule has 0 radical (unpaired) electrons. The summed E-state index contributed by atoms with van der Waals surface area (Å²) in [6.07, 6.45) is -5.30. The number of H-pyrrole nitrogens is 1. The maximum atomic E-state index is 14.4. The van der Waals surface area contributed by atoms with Gasteiger partial charge in [-0.15, -0.1) is 0 Å². The topological polar surface area (TPSA) is 133 Å². The fourth-order valence-electron chi connectivity index (χ4n) is 2.30. The third-order valence-corrected chi connectivity index (χ3v) is 3.32. The van der Waals surface area contributed by atoms with Crippen molar-refractivity contribution in [3.63, 3.8) is 0 Å². The van der Waals surface area contributed by atoms with E-state index in [0.29, 0.717) is 0 Å². The normalized spacial score (nSPS) is 11.4. The maximum Gasteiger partial charge on any atom is 0.419 e. The summed E-state index contributed by atoms with van der Waals surface area (Å²) < 4.78 is 67.1. The third kappa shape index (κ3) is 2.96. The van der Waals surface area contributed by atoms with Crippen LogP contribution in [0.1, 0.15) is 26.3 Å². The number of benzene rings is 1. The van der Waals surface area contributed by atoms with Crippen molar-refractivity contribution in [3.8, 4) is 11.1 Å². The van der Waals surface area contributed by atoms with E-state index in [9.17, 15) is 36.3 Å². The van der Waals surface area contributed by atoms with Crippen LogP contribution in [-0.4, -0.2) is 27.1 Å². The highest BCUT2D eigenvalue weighted by atomic mass is 19.4. The van der Waals surface area contributed by atoms with Crippen molar-refractivity contribution < 1.29 is 41.8 Å². The predicted octanol–water partition coefficient (Wildman–Crippen LogP) is 2.32. The van der Waals surface area contributed by atoms with Crippen molar-refractivity contribution in [1.29, 1.82) is 0 Å². The number of aromatic nitrogens is 1.